The summed E-state index contributed by atoms with van der Waals surface area (Å²) in [5, 5.41) is 15.8. The number of benzene rings is 3. The summed E-state index contributed by atoms with van der Waals surface area (Å²) < 4.78 is 7.05. The second-order valence-electron chi connectivity index (χ2n) is 6.88. The van der Waals surface area contributed by atoms with Crippen molar-refractivity contribution in [1.29, 1.82) is 0 Å². The molecule has 1 amide bonds. The van der Waals surface area contributed by atoms with Gasteiger partial charge in [0.15, 0.2) is 0 Å². The highest BCUT2D eigenvalue weighted by Crippen LogP contribution is 2.22. The third-order valence-corrected chi connectivity index (χ3v) is 5.50. The number of nitrogen functional groups attached to an aromatic ring is 1. The van der Waals surface area contributed by atoms with Gasteiger partial charge in [-0.15, -0.1) is 10.2 Å². The molecule has 0 aliphatic carbocycles. The van der Waals surface area contributed by atoms with Gasteiger partial charge >= 0.3 is 0 Å². The second kappa shape index (κ2) is 11.2. The lowest BCUT2D eigenvalue weighted by molar-refractivity contribution is -0.113. The van der Waals surface area contributed by atoms with Crippen LogP contribution >= 0.6 is 23.4 Å². The van der Waals surface area contributed by atoms with Gasteiger partial charge in [-0.05, 0) is 48.0 Å². The van der Waals surface area contributed by atoms with E-state index in [4.69, 9.17) is 22.2 Å². The Bertz CT molecular complexity index is 1300. The number of thioether (sulfide) groups is 1. The average molecular weight is 494 g/mol. The lowest BCUT2D eigenvalue weighted by Crippen LogP contribution is -2.16. The smallest absolute Gasteiger partial charge is 0.264 e. The zero-order valence-corrected chi connectivity index (χ0v) is 19.3. The monoisotopic (exact) mass is 493 g/mol. The molecule has 4 rings (SSSR count). The van der Waals surface area contributed by atoms with E-state index in [0.29, 0.717) is 21.6 Å². The van der Waals surface area contributed by atoms with Crippen molar-refractivity contribution < 1.29 is 9.53 Å². The summed E-state index contributed by atoms with van der Waals surface area (Å²) in [5.41, 5.74) is 4.18. The lowest BCUT2D eigenvalue weighted by Gasteiger charge is -2.06. The summed E-state index contributed by atoms with van der Waals surface area (Å²) in [6.07, 6.45) is 1.61. The number of hydrazone groups is 1. The summed E-state index contributed by atoms with van der Waals surface area (Å²) in [6, 6.07) is 23.9. The number of halogens is 1. The molecule has 34 heavy (non-hydrogen) atoms. The maximum absolute atomic E-state index is 12.2. The SMILES string of the molecule is Nn1c(N/N=C/c2cccc(Oc3ccccc3)c2)nnc1SCC(=O)Nc1cccc(Cl)c1. The maximum Gasteiger partial charge on any atom is 0.264 e. The number of aromatic nitrogens is 3. The van der Waals surface area contributed by atoms with Gasteiger partial charge in [0.05, 0.1) is 12.0 Å². The first-order valence-corrected chi connectivity index (χ1v) is 11.4. The molecule has 0 atom stereocenters. The van der Waals surface area contributed by atoms with Gasteiger partial charge in [-0.25, -0.2) is 10.1 Å². The Morgan fingerprint density at radius 3 is 2.68 bits per heavy atom. The number of hydrogen-bond acceptors (Lipinski definition) is 8. The number of ether oxygens (including phenoxy) is 1. The van der Waals surface area contributed by atoms with Crippen LogP contribution in [0.1, 0.15) is 5.56 Å². The lowest BCUT2D eigenvalue weighted by atomic mass is 10.2. The van der Waals surface area contributed by atoms with Crippen molar-refractivity contribution in [3.8, 4) is 11.5 Å². The van der Waals surface area contributed by atoms with Gasteiger partial charge in [0, 0.05) is 10.7 Å². The molecule has 4 aromatic rings. The molecule has 1 aromatic heterocycles. The minimum Gasteiger partial charge on any atom is -0.457 e. The van der Waals surface area contributed by atoms with Crippen molar-refractivity contribution in [2.75, 3.05) is 22.3 Å². The van der Waals surface area contributed by atoms with Crippen LogP contribution in [0.15, 0.2) is 89.1 Å². The quantitative estimate of drug-likeness (QED) is 0.135. The first kappa shape index (κ1) is 23.1. The molecule has 0 fully saturated rings. The highest BCUT2D eigenvalue weighted by Gasteiger charge is 2.12. The van der Waals surface area contributed by atoms with Crippen molar-refractivity contribution in [3.63, 3.8) is 0 Å². The van der Waals surface area contributed by atoms with Crippen LogP contribution in [-0.2, 0) is 4.79 Å². The highest BCUT2D eigenvalue weighted by molar-refractivity contribution is 7.99. The number of hydrogen-bond donors (Lipinski definition) is 3. The standard InChI is InChI=1S/C23H20ClN7O2S/c24-17-7-5-8-18(13-17)27-21(32)15-34-23-30-29-22(31(23)25)28-26-14-16-6-4-11-20(12-16)33-19-9-2-1-3-10-19/h1-14H,15,25H2,(H,27,32)(H,28,29)/b26-14+. The molecule has 0 bridgehead atoms. The van der Waals surface area contributed by atoms with Gasteiger partial charge in [-0.2, -0.15) is 5.10 Å². The van der Waals surface area contributed by atoms with Crippen molar-refractivity contribution in [1.82, 2.24) is 14.9 Å². The fraction of sp³-hybridized carbons (Fsp3) is 0.0435. The Hall–Kier alpha value is -4.02. The van der Waals surface area contributed by atoms with Gasteiger partial charge in [-0.1, -0.05) is 59.8 Å². The van der Waals surface area contributed by atoms with E-state index in [-0.39, 0.29) is 17.6 Å². The summed E-state index contributed by atoms with van der Waals surface area (Å²) in [4.78, 5) is 12.2. The van der Waals surface area contributed by atoms with Crippen molar-refractivity contribution in [2.45, 2.75) is 5.16 Å². The minimum atomic E-state index is -0.222. The zero-order chi connectivity index (χ0) is 23.8. The molecule has 172 valence electrons. The van der Waals surface area contributed by atoms with Gasteiger partial charge in [-0.3, -0.25) is 4.79 Å². The number of rotatable bonds is 9. The molecule has 0 unspecified atom stereocenters. The average Bonchev–Trinajstić information content (AvgIpc) is 3.18. The number of nitrogens with one attached hydrogen (secondary N) is 2. The molecule has 0 saturated heterocycles. The number of para-hydroxylation sites is 1. The zero-order valence-electron chi connectivity index (χ0n) is 17.8. The second-order valence-corrected chi connectivity index (χ2v) is 8.26. The van der Waals surface area contributed by atoms with Crippen LogP contribution in [0.3, 0.4) is 0 Å². The molecule has 0 aliphatic heterocycles. The Morgan fingerprint density at radius 2 is 1.85 bits per heavy atom. The van der Waals surface area contributed by atoms with Crippen LogP contribution in [0.4, 0.5) is 11.6 Å². The summed E-state index contributed by atoms with van der Waals surface area (Å²) in [7, 11) is 0. The number of amides is 1. The Balaban J connectivity index is 1.30. The van der Waals surface area contributed by atoms with Crippen LogP contribution < -0.4 is 21.3 Å². The summed E-state index contributed by atoms with van der Waals surface area (Å²) in [5.74, 6) is 7.55. The Labute approximate surface area is 205 Å². The van der Waals surface area contributed by atoms with Crippen molar-refractivity contribution in [3.05, 3.63) is 89.4 Å². The predicted molar refractivity (Wildman–Crippen MR) is 135 cm³/mol. The third-order valence-electron chi connectivity index (χ3n) is 4.32. The van der Waals surface area contributed by atoms with Crippen molar-refractivity contribution >= 4 is 47.1 Å². The van der Waals surface area contributed by atoms with E-state index < -0.39 is 0 Å². The maximum atomic E-state index is 12.2. The van der Waals surface area contributed by atoms with E-state index >= 15 is 0 Å². The Kier molecular flexibility index (Phi) is 7.63. The number of carbonyl (C=O) groups excluding carboxylic acids is 1. The topological polar surface area (TPSA) is 119 Å². The minimum absolute atomic E-state index is 0.0965. The number of nitrogens with zero attached hydrogens (tertiary/aromatic N) is 4. The number of nitrogens with two attached hydrogens (primary N) is 1. The molecule has 11 heteroatoms. The van der Waals surface area contributed by atoms with Gasteiger partial charge in [0.1, 0.15) is 11.5 Å². The van der Waals surface area contributed by atoms with Gasteiger partial charge in [0.25, 0.3) is 5.95 Å². The van der Waals surface area contributed by atoms with Crippen molar-refractivity contribution in [2.24, 2.45) is 5.10 Å². The van der Waals surface area contributed by atoms with Crippen LogP contribution in [-0.4, -0.2) is 32.7 Å². The first-order valence-electron chi connectivity index (χ1n) is 10.1. The Morgan fingerprint density at radius 1 is 1.06 bits per heavy atom. The van der Waals surface area contributed by atoms with E-state index in [2.05, 4.69) is 26.0 Å². The van der Waals surface area contributed by atoms with Crippen LogP contribution in [0.5, 0.6) is 11.5 Å². The number of carbonyl (C=O) groups is 1. The normalized spacial score (nSPS) is 10.9. The third kappa shape index (κ3) is 6.50. The van der Waals surface area contributed by atoms with Crippen LogP contribution in [0, 0.1) is 0 Å². The van der Waals surface area contributed by atoms with E-state index in [1.807, 2.05) is 54.6 Å². The van der Waals surface area contributed by atoms with Gasteiger partial charge < -0.3 is 15.9 Å². The first-order chi connectivity index (χ1) is 16.6. The van der Waals surface area contributed by atoms with E-state index in [1.54, 1.807) is 30.5 Å². The molecular formula is C23H20ClN7O2S. The molecule has 9 nitrogen and oxygen atoms in total. The fourth-order valence-corrected chi connectivity index (χ4v) is 3.64. The predicted octanol–water partition coefficient (Wildman–Crippen LogP) is 4.61. The molecule has 0 aliphatic rings. The van der Waals surface area contributed by atoms with Crippen LogP contribution in [0.25, 0.3) is 0 Å². The van der Waals surface area contributed by atoms with E-state index in [9.17, 15) is 4.79 Å². The molecule has 0 saturated carbocycles. The molecule has 1 heterocycles. The molecule has 0 spiro atoms. The fourth-order valence-electron chi connectivity index (χ4n) is 2.79. The summed E-state index contributed by atoms with van der Waals surface area (Å²) in [6.45, 7) is 0. The van der Waals surface area contributed by atoms with Gasteiger partial charge in [0.2, 0.25) is 11.1 Å². The molecule has 4 N–H and O–H groups in total. The molecule has 3 aromatic carbocycles. The molecule has 0 radical (unpaired) electrons. The number of anilines is 2. The van der Waals surface area contributed by atoms with Crippen LogP contribution in [0.2, 0.25) is 5.02 Å². The largest absolute Gasteiger partial charge is 0.457 e. The van der Waals surface area contributed by atoms with E-state index in [1.165, 1.54) is 4.68 Å². The highest BCUT2D eigenvalue weighted by atomic mass is 35.5. The summed E-state index contributed by atoms with van der Waals surface area (Å²) >= 11 is 7.07. The molecular weight excluding hydrogens is 474 g/mol. The van der Waals surface area contributed by atoms with E-state index in [0.717, 1.165) is 23.1 Å².